The van der Waals surface area contributed by atoms with E-state index < -0.39 is 0 Å². The number of hydrogen-bond acceptors (Lipinski definition) is 4. The minimum Gasteiger partial charge on any atom is -0.378 e. The SMILES string of the molecule is NNC(CCC1CCCCO1)Cc1ccccn1. The van der Waals surface area contributed by atoms with Crippen LogP contribution in [0.3, 0.4) is 0 Å². The first-order chi connectivity index (χ1) is 8.88. The molecule has 1 aliphatic rings. The lowest BCUT2D eigenvalue weighted by atomic mass is 9.99. The van der Waals surface area contributed by atoms with E-state index in [9.17, 15) is 0 Å². The Labute approximate surface area is 109 Å². The second-order valence-corrected chi connectivity index (χ2v) is 4.95. The first-order valence-corrected chi connectivity index (χ1v) is 6.86. The van der Waals surface area contributed by atoms with Gasteiger partial charge in [0.25, 0.3) is 0 Å². The molecule has 2 rings (SSSR count). The summed E-state index contributed by atoms with van der Waals surface area (Å²) in [6.45, 7) is 0.922. The van der Waals surface area contributed by atoms with Gasteiger partial charge in [-0.15, -0.1) is 0 Å². The van der Waals surface area contributed by atoms with Gasteiger partial charge in [0.1, 0.15) is 0 Å². The van der Waals surface area contributed by atoms with Crippen molar-refractivity contribution in [3.05, 3.63) is 30.1 Å². The van der Waals surface area contributed by atoms with Gasteiger partial charge in [-0.3, -0.25) is 16.3 Å². The molecule has 0 aliphatic carbocycles. The van der Waals surface area contributed by atoms with Gasteiger partial charge in [0.05, 0.1) is 6.10 Å². The number of aromatic nitrogens is 1. The highest BCUT2D eigenvalue weighted by Crippen LogP contribution is 2.18. The maximum absolute atomic E-state index is 5.74. The number of nitrogens with one attached hydrogen (secondary N) is 1. The standard InChI is InChI=1S/C14H23N3O/c15-17-13(11-12-5-1-3-9-16-12)7-8-14-6-2-4-10-18-14/h1,3,5,9,13-14,17H,2,4,6-8,10-11,15H2. The maximum atomic E-state index is 5.74. The highest BCUT2D eigenvalue weighted by atomic mass is 16.5. The van der Waals surface area contributed by atoms with Gasteiger partial charge in [-0.2, -0.15) is 0 Å². The average molecular weight is 249 g/mol. The van der Waals surface area contributed by atoms with Crippen molar-refractivity contribution in [2.75, 3.05) is 6.61 Å². The molecular formula is C14H23N3O. The Balaban J connectivity index is 1.75. The van der Waals surface area contributed by atoms with Gasteiger partial charge in [0.15, 0.2) is 0 Å². The average Bonchev–Trinajstić information content (AvgIpc) is 2.45. The minimum atomic E-state index is 0.283. The van der Waals surface area contributed by atoms with Crippen molar-refractivity contribution in [3.8, 4) is 0 Å². The fourth-order valence-corrected chi connectivity index (χ4v) is 2.44. The molecule has 1 saturated heterocycles. The normalized spacial score (nSPS) is 21.7. The minimum absolute atomic E-state index is 0.283. The van der Waals surface area contributed by atoms with Crippen LogP contribution in [0, 0.1) is 0 Å². The van der Waals surface area contributed by atoms with E-state index >= 15 is 0 Å². The van der Waals surface area contributed by atoms with Crippen LogP contribution in [0.1, 0.15) is 37.8 Å². The lowest BCUT2D eigenvalue weighted by molar-refractivity contribution is 0.00857. The molecule has 100 valence electrons. The predicted octanol–water partition coefficient (Wildman–Crippen LogP) is 1.81. The molecule has 1 fully saturated rings. The van der Waals surface area contributed by atoms with E-state index in [4.69, 9.17) is 10.6 Å². The van der Waals surface area contributed by atoms with Gasteiger partial charge in [-0.25, -0.2) is 0 Å². The zero-order valence-corrected chi connectivity index (χ0v) is 10.8. The van der Waals surface area contributed by atoms with E-state index in [1.807, 2.05) is 24.4 Å². The summed E-state index contributed by atoms with van der Waals surface area (Å²) in [4.78, 5) is 4.33. The third kappa shape index (κ3) is 4.37. The van der Waals surface area contributed by atoms with Crippen molar-refractivity contribution in [1.82, 2.24) is 10.4 Å². The third-order valence-corrected chi connectivity index (χ3v) is 3.53. The van der Waals surface area contributed by atoms with E-state index in [2.05, 4.69) is 10.4 Å². The molecule has 1 aromatic rings. The van der Waals surface area contributed by atoms with E-state index in [1.165, 1.54) is 19.3 Å². The van der Waals surface area contributed by atoms with Crippen molar-refractivity contribution in [2.45, 2.75) is 50.7 Å². The summed E-state index contributed by atoms with van der Waals surface area (Å²) in [5.74, 6) is 5.62. The molecule has 2 atom stereocenters. The van der Waals surface area contributed by atoms with Gasteiger partial charge in [-0.1, -0.05) is 6.07 Å². The summed E-state index contributed by atoms with van der Waals surface area (Å²) in [5.41, 5.74) is 3.98. The quantitative estimate of drug-likeness (QED) is 0.596. The van der Waals surface area contributed by atoms with E-state index in [0.717, 1.165) is 31.6 Å². The molecule has 0 bridgehead atoms. The topological polar surface area (TPSA) is 60.2 Å². The Morgan fingerprint density at radius 1 is 1.44 bits per heavy atom. The van der Waals surface area contributed by atoms with Crippen molar-refractivity contribution >= 4 is 0 Å². The molecule has 2 heterocycles. The number of rotatable bonds is 6. The van der Waals surface area contributed by atoms with Gasteiger partial charge in [0, 0.05) is 31.0 Å². The number of nitrogens with two attached hydrogens (primary N) is 1. The number of hydrazine groups is 1. The van der Waals surface area contributed by atoms with Crippen LogP contribution >= 0.6 is 0 Å². The van der Waals surface area contributed by atoms with Crippen molar-refractivity contribution in [3.63, 3.8) is 0 Å². The fraction of sp³-hybridized carbons (Fsp3) is 0.643. The molecule has 1 aromatic heterocycles. The summed E-state index contributed by atoms with van der Waals surface area (Å²) in [6.07, 6.45) is 8.96. The molecule has 0 radical (unpaired) electrons. The molecule has 2 unspecified atom stereocenters. The second-order valence-electron chi connectivity index (χ2n) is 4.95. The molecule has 0 saturated carbocycles. The fourth-order valence-electron chi connectivity index (χ4n) is 2.44. The number of hydrogen-bond donors (Lipinski definition) is 2. The molecule has 1 aliphatic heterocycles. The van der Waals surface area contributed by atoms with Crippen molar-refractivity contribution in [1.29, 1.82) is 0 Å². The predicted molar refractivity (Wildman–Crippen MR) is 71.9 cm³/mol. The Morgan fingerprint density at radius 2 is 2.39 bits per heavy atom. The van der Waals surface area contributed by atoms with Crippen LogP contribution in [0.15, 0.2) is 24.4 Å². The van der Waals surface area contributed by atoms with Crippen LogP contribution in [-0.2, 0) is 11.2 Å². The molecule has 18 heavy (non-hydrogen) atoms. The third-order valence-electron chi connectivity index (χ3n) is 3.53. The molecule has 3 N–H and O–H groups in total. The van der Waals surface area contributed by atoms with Gasteiger partial charge in [-0.05, 0) is 44.2 Å². The number of pyridine rings is 1. The first kappa shape index (κ1) is 13.5. The summed E-state index contributed by atoms with van der Waals surface area (Å²) >= 11 is 0. The van der Waals surface area contributed by atoms with Crippen LogP contribution in [0.25, 0.3) is 0 Å². The highest BCUT2D eigenvalue weighted by molar-refractivity contribution is 5.05. The van der Waals surface area contributed by atoms with Gasteiger partial charge < -0.3 is 4.74 Å². The van der Waals surface area contributed by atoms with E-state index in [0.29, 0.717) is 6.10 Å². The lowest BCUT2D eigenvalue weighted by Crippen LogP contribution is -2.38. The smallest absolute Gasteiger partial charge is 0.0575 e. The number of ether oxygens (including phenoxy) is 1. The molecular weight excluding hydrogens is 226 g/mol. The zero-order chi connectivity index (χ0) is 12.6. The van der Waals surface area contributed by atoms with Crippen LogP contribution < -0.4 is 11.3 Å². The Bertz CT molecular complexity index is 325. The summed E-state index contributed by atoms with van der Waals surface area (Å²) in [6, 6.07) is 6.27. The molecule has 4 heteroatoms. The Hall–Kier alpha value is -0.970. The Morgan fingerprint density at radius 3 is 3.06 bits per heavy atom. The monoisotopic (exact) mass is 249 g/mol. The lowest BCUT2D eigenvalue weighted by Gasteiger charge is -2.24. The summed E-state index contributed by atoms with van der Waals surface area (Å²) < 4.78 is 5.74. The van der Waals surface area contributed by atoms with Crippen LogP contribution in [-0.4, -0.2) is 23.7 Å². The Kier molecular flexibility index (Phi) is 5.58. The van der Waals surface area contributed by atoms with Crippen LogP contribution in [0.2, 0.25) is 0 Å². The molecule has 0 aromatic carbocycles. The zero-order valence-electron chi connectivity index (χ0n) is 10.8. The van der Waals surface area contributed by atoms with Crippen molar-refractivity contribution in [2.24, 2.45) is 5.84 Å². The molecule has 4 nitrogen and oxygen atoms in total. The van der Waals surface area contributed by atoms with Gasteiger partial charge in [0.2, 0.25) is 0 Å². The second kappa shape index (κ2) is 7.46. The first-order valence-electron chi connectivity index (χ1n) is 6.86. The summed E-state index contributed by atoms with van der Waals surface area (Å²) in [5, 5.41) is 0. The number of nitrogens with zero attached hydrogens (tertiary/aromatic N) is 1. The summed E-state index contributed by atoms with van der Waals surface area (Å²) in [7, 11) is 0. The largest absolute Gasteiger partial charge is 0.378 e. The molecule has 0 spiro atoms. The van der Waals surface area contributed by atoms with Crippen molar-refractivity contribution < 1.29 is 4.74 Å². The maximum Gasteiger partial charge on any atom is 0.0575 e. The van der Waals surface area contributed by atoms with Gasteiger partial charge >= 0.3 is 0 Å². The van der Waals surface area contributed by atoms with E-state index in [1.54, 1.807) is 0 Å². The van der Waals surface area contributed by atoms with Crippen LogP contribution in [0.5, 0.6) is 0 Å². The molecule has 0 amide bonds. The van der Waals surface area contributed by atoms with Crippen LogP contribution in [0.4, 0.5) is 0 Å². The van der Waals surface area contributed by atoms with E-state index in [-0.39, 0.29) is 6.04 Å². The highest BCUT2D eigenvalue weighted by Gasteiger charge is 2.16.